The molecule has 37 heteroatoms. The molecule has 2 amide bonds. The van der Waals surface area contributed by atoms with E-state index in [0.717, 1.165) is 204 Å². The van der Waals surface area contributed by atoms with E-state index in [-0.39, 0.29) is 37.0 Å². The summed E-state index contributed by atoms with van der Waals surface area (Å²) in [5.74, 6) is 6.93. The highest BCUT2D eigenvalue weighted by atomic mass is 16.7. The number of benzene rings is 9. The minimum Gasteiger partial charge on any atom is -0.497 e. The van der Waals surface area contributed by atoms with Crippen molar-refractivity contribution in [2.24, 2.45) is 34.1 Å². The Morgan fingerprint density at radius 3 is 1.08 bits per heavy atom. The molecule has 0 bridgehead atoms. The van der Waals surface area contributed by atoms with Crippen LogP contribution in [0.15, 0.2) is 263 Å². The Labute approximate surface area is 850 Å². The molecule has 2 aliphatic heterocycles. The number of aromatic nitrogens is 17. The molecule has 1 saturated heterocycles. The Balaban J connectivity index is 0.000000135. The van der Waals surface area contributed by atoms with Gasteiger partial charge in [0.2, 0.25) is 0 Å². The minimum atomic E-state index is -0.332. The molecule has 18 aromatic rings. The van der Waals surface area contributed by atoms with Crippen molar-refractivity contribution in [2.75, 3.05) is 149 Å². The molecule has 2 aliphatic rings. The third-order valence-corrected chi connectivity index (χ3v) is 25.4. The predicted octanol–water partition coefficient (Wildman–Crippen LogP) is 17.6. The molecule has 11 heterocycles. The molecule has 20 rings (SSSR count). The lowest BCUT2D eigenvalue weighted by molar-refractivity contribution is -0.108. The van der Waals surface area contributed by atoms with Crippen LogP contribution in [0.3, 0.4) is 0 Å². The molecule has 9 aromatic heterocycles. The average molecular weight is 1980 g/mol. The van der Waals surface area contributed by atoms with Crippen LogP contribution in [0.25, 0.3) is 89.2 Å². The van der Waals surface area contributed by atoms with Crippen LogP contribution in [0.4, 0.5) is 51.3 Å². The Bertz CT molecular complexity index is 7580. The zero-order chi connectivity index (χ0) is 103. The first-order chi connectivity index (χ1) is 71.4. The van der Waals surface area contributed by atoms with Crippen molar-refractivity contribution in [1.82, 2.24) is 93.9 Å². The topological polar surface area (TPSA) is 357 Å². The highest BCUT2D eigenvalue weighted by Crippen LogP contribution is 2.43. The summed E-state index contributed by atoms with van der Waals surface area (Å²) in [5.41, 5.74) is 21.0. The van der Waals surface area contributed by atoms with Crippen LogP contribution in [0.5, 0.6) is 51.7 Å². The number of aryl methyl sites for hydroxylation is 4. The lowest BCUT2D eigenvalue weighted by atomic mass is 10.1. The third-order valence-electron chi connectivity index (χ3n) is 25.4. The zero-order valence-corrected chi connectivity index (χ0v) is 85.0. The number of imide groups is 1. The van der Waals surface area contributed by atoms with E-state index in [0.29, 0.717) is 51.3 Å². The summed E-state index contributed by atoms with van der Waals surface area (Å²) >= 11 is 0. The van der Waals surface area contributed by atoms with Gasteiger partial charge in [-0.05, 0) is 130 Å². The van der Waals surface area contributed by atoms with Crippen molar-refractivity contribution in [2.45, 2.75) is 38.8 Å². The van der Waals surface area contributed by atoms with Crippen molar-refractivity contribution < 1.29 is 62.2 Å². The number of hydrogen-bond acceptors (Lipinski definition) is 32. The highest BCUT2D eigenvalue weighted by molar-refractivity contribution is 6.21. The first kappa shape index (κ1) is 101. The fourth-order valence-corrected chi connectivity index (χ4v) is 17.8. The number of amides is 2. The molecule has 3 atom stereocenters. The van der Waals surface area contributed by atoms with Gasteiger partial charge in [-0.1, -0.05) is 12.1 Å². The largest absolute Gasteiger partial charge is 0.497 e. The SMILES string of the molecule is COc1cc(OC)cc(N(CC2CCN(c3ncccc3OC)C2)c2ccc3ncc(-c4cnn(C)c4)nc3c2)c1.COc1cc(OC)cc(N(CCCN(C)OC)c2ccc3ncc(-c4cnn(C)c4)nc3c2)c1.COc1cc(OC)cc(N(c2ccc3ncc(-c4cnn(C)c4)nc3c2)C(C)CN2C(=O)c3ccccc3C2=O)c1.COc1cc(OC)cc(N(c2ccc3ncc(-c4cnn(C)c4)nc3c2)C(C)CO)c1. The molecule has 0 aliphatic carbocycles. The van der Waals surface area contributed by atoms with Crippen molar-refractivity contribution in [3.8, 4) is 96.8 Å². The number of aliphatic hydroxyl groups excluding tert-OH is 1. The number of anilines is 9. The summed E-state index contributed by atoms with van der Waals surface area (Å²) in [6.07, 6.45) is 25.5. The molecular weight excluding hydrogens is 1870 g/mol. The standard InChI is InChI=1S/C31H33N7O3.C31H28N6O4.C25H30N6O3.C23H25N5O3/c1-36-20-22(16-34-36)29-17-33-27-8-7-23(14-28(27)35-29)38(24-12-25(39-2)15-26(13-24)40-3)19-21-9-11-37(18-21)31-30(41-4)6-5-10-32-31;1-19(17-36-30(38)25-7-5-6-8-26(25)31(36)39)37(22-11-23(40-3)14-24(12-22)41-4)21-9-10-27-28(13-21)34-29(16-32-27)20-15-33-35(2)18-20;1-29-17-18(15-27-29)25-16-26-23-8-7-19(13-24(23)28-25)31(10-6-9-30(2)34-5)20-11-21(32-3)14-22(12-20)33-4;1-15(14-29)28(18-7-19(30-3)10-20(8-18)31-4)17-5-6-21-22(9-17)26-23(12-24-21)16-11-25-27(2)13-16/h5-8,10,12-17,20-21H,9,11,18-19H2,1-4H3;5-16,18-19H,17H2,1-4H3;7-8,11-17H,6,9-10H2,1-5H3;5-13,15,29H,14H2,1-4H3. The number of fused-ring (bicyclic) bond motifs is 5. The van der Waals surface area contributed by atoms with Gasteiger partial charge in [0.25, 0.3) is 11.8 Å². The van der Waals surface area contributed by atoms with Gasteiger partial charge in [0.1, 0.15) is 46.0 Å². The van der Waals surface area contributed by atoms with Crippen molar-refractivity contribution in [3.63, 3.8) is 0 Å². The monoisotopic (exact) mass is 1980 g/mol. The van der Waals surface area contributed by atoms with Crippen LogP contribution in [-0.2, 0) is 33.0 Å². The van der Waals surface area contributed by atoms with E-state index < -0.39 is 0 Å². The summed E-state index contributed by atoms with van der Waals surface area (Å²) in [5, 5.41) is 28.8. The van der Waals surface area contributed by atoms with Gasteiger partial charge in [0.15, 0.2) is 11.6 Å². The van der Waals surface area contributed by atoms with Crippen LogP contribution in [-0.4, -0.2) is 247 Å². The van der Waals surface area contributed by atoms with Gasteiger partial charge in [-0.3, -0.25) is 53.2 Å². The zero-order valence-electron chi connectivity index (χ0n) is 85.0. The van der Waals surface area contributed by atoms with Crippen molar-refractivity contribution in [1.29, 1.82) is 0 Å². The molecule has 0 saturated carbocycles. The number of carbonyl (C=O) groups excluding carboxylic acids is 2. The number of hydroxylamine groups is 2. The fraction of sp³-hybridized carbons (Fsp3) is 0.264. The molecule has 9 aromatic carbocycles. The van der Waals surface area contributed by atoms with Gasteiger partial charge >= 0.3 is 0 Å². The van der Waals surface area contributed by atoms with Gasteiger partial charge in [0, 0.05) is 252 Å². The third kappa shape index (κ3) is 23.3. The molecular formula is C110H116N24O13. The quantitative estimate of drug-likeness (QED) is 0.0289. The van der Waals surface area contributed by atoms with Crippen LogP contribution in [0, 0.1) is 5.92 Å². The van der Waals surface area contributed by atoms with Gasteiger partial charge in [-0.15, -0.1) is 0 Å². The summed E-state index contributed by atoms with van der Waals surface area (Å²) in [7, 11) is 25.9. The molecule has 37 nitrogen and oxygen atoms in total. The summed E-state index contributed by atoms with van der Waals surface area (Å²) in [6, 6.07) is 57.3. The van der Waals surface area contributed by atoms with Crippen molar-refractivity contribution in [3.05, 3.63) is 274 Å². The molecule has 0 spiro atoms. The Morgan fingerprint density at radius 1 is 0.374 bits per heavy atom. The van der Waals surface area contributed by atoms with Crippen LogP contribution in [0.2, 0.25) is 0 Å². The van der Waals surface area contributed by atoms with E-state index in [9.17, 15) is 14.7 Å². The maximum atomic E-state index is 13.2. The number of pyridine rings is 1. The molecule has 1 N–H and O–H groups in total. The Hall–Kier alpha value is -17.5. The Morgan fingerprint density at radius 2 is 0.728 bits per heavy atom. The van der Waals surface area contributed by atoms with Gasteiger partial charge in [-0.25, -0.2) is 24.9 Å². The maximum Gasteiger partial charge on any atom is 0.261 e. The number of methoxy groups -OCH3 is 9. The lowest BCUT2D eigenvalue weighted by Gasteiger charge is -2.34. The van der Waals surface area contributed by atoms with E-state index in [1.165, 1.54) is 4.90 Å². The highest BCUT2D eigenvalue weighted by Gasteiger charge is 2.38. The second-order valence-electron chi connectivity index (χ2n) is 35.3. The maximum absolute atomic E-state index is 13.2. The van der Waals surface area contributed by atoms with Crippen LogP contribution >= 0.6 is 0 Å². The first-order valence-electron chi connectivity index (χ1n) is 47.6. The Kier molecular flexibility index (Phi) is 31.5. The normalized spacial score (nSPS) is 13.0. The molecule has 0 radical (unpaired) electrons. The number of hydrogen-bond donors (Lipinski definition) is 1. The smallest absolute Gasteiger partial charge is 0.261 e. The van der Waals surface area contributed by atoms with E-state index >= 15 is 0 Å². The molecule has 3 unspecified atom stereocenters. The van der Waals surface area contributed by atoms with Crippen molar-refractivity contribution >= 4 is 107 Å². The van der Waals surface area contributed by atoms with E-state index in [4.69, 9.17) is 67.4 Å². The van der Waals surface area contributed by atoms with Gasteiger partial charge in [0.05, 0.1) is 211 Å². The average Bonchev–Trinajstić information content (AvgIpc) is 1.60. The van der Waals surface area contributed by atoms with E-state index in [1.807, 2.05) is 222 Å². The second-order valence-corrected chi connectivity index (χ2v) is 35.3. The first-order valence-corrected chi connectivity index (χ1v) is 47.6. The van der Waals surface area contributed by atoms with E-state index in [1.54, 1.807) is 170 Å². The molecule has 754 valence electrons. The lowest BCUT2D eigenvalue weighted by Crippen LogP contribution is -2.42. The number of carbonyl (C=O) groups is 2. The minimum absolute atomic E-state index is 0.0288. The number of nitrogens with zero attached hydrogens (tertiary/aromatic N) is 24. The van der Waals surface area contributed by atoms with Crippen LogP contribution in [0.1, 0.15) is 47.4 Å². The van der Waals surface area contributed by atoms with Crippen LogP contribution < -0.4 is 67.1 Å². The fourth-order valence-electron chi connectivity index (χ4n) is 17.8. The number of ether oxygens (including phenoxy) is 9. The number of rotatable bonds is 34. The summed E-state index contributed by atoms with van der Waals surface area (Å²) in [4.78, 5) is 86.5. The number of aliphatic hydroxyl groups is 1. The van der Waals surface area contributed by atoms with Gasteiger partial charge in [-0.2, -0.15) is 25.5 Å². The predicted molar refractivity (Wildman–Crippen MR) is 567 cm³/mol. The van der Waals surface area contributed by atoms with Gasteiger partial charge < -0.3 is 77.1 Å². The summed E-state index contributed by atoms with van der Waals surface area (Å²) < 4.78 is 56.8. The second kappa shape index (κ2) is 45.9. The summed E-state index contributed by atoms with van der Waals surface area (Å²) in [6.45, 7) is 8.14. The molecule has 1 fully saturated rings. The van der Waals surface area contributed by atoms with E-state index in [2.05, 4.69) is 84.3 Å². The molecule has 147 heavy (non-hydrogen) atoms.